The Bertz CT molecular complexity index is 589. The number of carboxylic acids is 1. The molecule has 24 heavy (non-hydrogen) atoms. The van der Waals surface area contributed by atoms with Gasteiger partial charge in [0.15, 0.2) is 0 Å². The van der Waals surface area contributed by atoms with Crippen molar-refractivity contribution in [3.05, 3.63) is 29.8 Å². The number of phenols is 1. The number of urea groups is 1. The maximum Gasteiger partial charge on any atom is 0.317 e. The summed E-state index contributed by atoms with van der Waals surface area (Å²) in [6.07, 6.45) is 1.01. The molecule has 2 atom stereocenters. The minimum atomic E-state index is -1.02. The van der Waals surface area contributed by atoms with Crippen molar-refractivity contribution < 1.29 is 24.5 Å². The summed E-state index contributed by atoms with van der Waals surface area (Å²) in [5, 5.41) is 21.6. The van der Waals surface area contributed by atoms with Gasteiger partial charge in [0.2, 0.25) is 0 Å². The number of aromatic hydroxyl groups is 1. The van der Waals surface area contributed by atoms with Gasteiger partial charge in [0.05, 0.1) is 6.61 Å². The zero-order chi connectivity index (χ0) is 17.7. The van der Waals surface area contributed by atoms with Gasteiger partial charge in [-0.05, 0) is 37.5 Å². The monoisotopic (exact) mass is 336 g/mol. The minimum Gasteiger partial charge on any atom is -0.508 e. The maximum atomic E-state index is 12.4. The van der Waals surface area contributed by atoms with E-state index in [4.69, 9.17) is 4.74 Å². The smallest absolute Gasteiger partial charge is 0.317 e. The van der Waals surface area contributed by atoms with Crippen LogP contribution in [0, 0.1) is 5.41 Å². The van der Waals surface area contributed by atoms with Crippen LogP contribution in [0.15, 0.2) is 24.3 Å². The molecule has 0 bridgehead atoms. The molecule has 1 heterocycles. The lowest BCUT2D eigenvalue weighted by atomic mass is 9.88. The van der Waals surface area contributed by atoms with Gasteiger partial charge in [-0.25, -0.2) is 4.79 Å². The summed E-state index contributed by atoms with van der Waals surface area (Å²) in [5.41, 5.74) is -0.0204. The molecule has 0 spiro atoms. The molecule has 3 N–H and O–H groups in total. The van der Waals surface area contributed by atoms with E-state index >= 15 is 0 Å². The number of nitrogens with one attached hydrogen (secondary N) is 1. The first kappa shape index (κ1) is 18.1. The molecule has 2 rings (SSSR count). The highest BCUT2D eigenvalue weighted by Gasteiger charge is 2.46. The lowest BCUT2D eigenvalue weighted by molar-refractivity contribution is -0.151. The normalized spacial score (nSPS) is 21.5. The molecule has 7 nitrogen and oxygen atoms in total. The molecule has 2 amide bonds. The molecule has 1 aliphatic rings. The van der Waals surface area contributed by atoms with Crippen molar-refractivity contribution in [2.24, 2.45) is 5.41 Å². The second-order valence-electron chi connectivity index (χ2n) is 6.41. The second kappa shape index (κ2) is 7.53. The highest BCUT2D eigenvalue weighted by molar-refractivity contribution is 5.80. The van der Waals surface area contributed by atoms with Crippen LogP contribution in [-0.4, -0.2) is 60.0 Å². The number of benzene rings is 1. The number of nitrogens with zero attached hydrogens (tertiary/aromatic N) is 1. The number of amides is 2. The number of phenolic OH excluding ortho intramolecular Hbond substituents is 1. The molecule has 1 saturated heterocycles. The van der Waals surface area contributed by atoms with Gasteiger partial charge in [0.1, 0.15) is 11.2 Å². The summed E-state index contributed by atoms with van der Waals surface area (Å²) in [6, 6.07) is 6.46. The molecule has 132 valence electrons. The van der Waals surface area contributed by atoms with Crippen molar-refractivity contribution in [3.8, 4) is 5.75 Å². The third kappa shape index (κ3) is 4.17. The van der Waals surface area contributed by atoms with Crippen molar-refractivity contribution in [3.63, 3.8) is 0 Å². The van der Waals surface area contributed by atoms with E-state index in [0.29, 0.717) is 19.4 Å². The average Bonchev–Trinajstić information content (AvgIpc) is 2.96. The van der Waals surface area contributed by atoms with Crippen molar-refractivity contribution in [1.82, 2.24) is 10.2 Å². The van der Waals surface area contributed by atoms with E-state index in [1.54, 1.807) is 12.1 Å². The first-order valence-electron chi connectivity index (χ1n) is 7.92. The van der Waals surface area contributed by atoms with Crippen LogP contribution < -0.4 is 5.32 Å². The fourth-order valence-electron chi connectivity index (χ4n) is 3.01. The van der Waals surface area contributed by atoms with Gasteiger partial charge < -0.3 is 25.2 Å². The van der Waals surface area contributed by atoms with E-state index in [1.807, 2.05) is 19.1 Å². The predicted octanol–water partition coefficient (Wildman–Crippen LogP) is 1.46. The number of carbonyl (C=O) groups is 2. The number of rotatable bonds is 6. The van der Waals surface area contributed by atoms with Crippen molar-refractivity contribution in [1.29, 1.82) is 0 Å². The third-order valence-electron chi connectivity index (χ3n) is 4.36. The maximum absolute atomic E-state index is 12.4. The average molecular weight is 336 g/mol. The van der Waals surface area contributed by atoms with E-state index in [-0.39, 0.29) is 31.0 Å². The Morgan fingerprint density at radius 2 is 2.04 bits per heavy atom. The number of carboxylic acid groups (broad SMARTS) is 1. The summed E-state index contributed by atoms with van der Waals surface area (Å²) in [5.74, 6) is -0.729. The van der Waals surface area contributed by atoms with E-state index in [2.05, 4.69) is 5.32 Å². The second-order valence-corrected chi connectivity index (χ2v) is 6.41. The molecule has 7 heteroatoms. The molecule has 0 aromatic heterocycles. The fraction of sp³-hybridized carbons (Fsp3) is 0.529. The van der Waals surface area contributed by atoms with E-state index in [0.717, 1.165) is 5.56 Å². The lowest BCUT2D eigenvalue weighted by Crippen LogP contribution is -2.46. The molecular weight excluding hydrogens is 312 g/mol. The Labute approximate surface area is 141 Å². The lowest BCUT2D eigenvalue weighted by Gasteiger charge is -2.25. The van der Waals surface area contributed by atoms with Crippen molar-refractivity contribution >= 4 is 12.0 Å². The minimum absolute atomic E-state index is 0.0924. The molecule has 0 radical (unpaired) electrons. The number of hydrogen-bond acceptors (Lipinski definition) is 4. The van der Waals surface area contributed by atoms with Gasteiger partial charge in [-0.2, -0.15) is 0 Å². The predicted molar refractivity (Wildman–Crippen MR) is 87.9 cm³/mol. The van der Waals surface area contributed by atoms with Crippen LogP contribution in [0.1, 0.15) is 18.9 Å². The van der Waals surface area contributed by atoms with Crippen LogP contribution in [0.4, 0.5) is 4.79 Å². The Hall–Kier alpha value is -2.28. The number of methoxy groups -OCH3 is 1. The van der Waals surface area contributed by atoms with Gasteiger partial charge in [0.25, 0.3) is 0 Å². The molecular formula is C17H24N2O5. The number of carbonyl (C=O) groups excluding carboxylic acids is 1. The zero-order valence-electron chi connectivity index (χ0n) is 14.0. The summed E-state index contributed by atoms with van der Waals surface area (Å²) in [6.45, 7) is 2.52. The van der Waals surface area contributed by atoms with E-state index < -0.39 is 11.4 Å². The van der Waals surface area contributed by atoms with Crippen LogP contribution >= 0.6 is 0 Å². The Morgan fingerprint density at radius 3 is 2.62 bits per heavy atom. The van der Waals surface area contributed by atoms with Gasteiger partial charge in [-0.3, -0.25) is 4.79 Å². The van der Waals surface area contributed by atoms with E-state index in [1.165, 1.54) is 12.0 Å². The van der Waals surface area contributed by atoms with Crippen molar-refractivity contribution in [2.75, 3.05) is 26.8 Å². The van der Waals surface area contributed by atoms with Gasteiger partial charge >= 0.3 is 12.0 Å². The largest absolute Gasteiger partial charge is 0.508 e. The van der Waals surface area contributed by atoms with Gasteiger partial charge in [-0.15, -0.1) is 0 Å². The summed E-state index contributed by atoms with van der Waals surface area (Å²) in [4.78, 5) is 25.4. The topological polar surface area (TPSA) is 99.1 Å². The zero-order valence-corrected chi connectivity index (χ0v) is 14.0. The first-order chi connectivity index (χ1) is 11.4. The van der Waals surface area contributed by atoms with E-state index in [9.17, 15) is 19.8 Å². The van der Waals surface area contributed by atoms with Gasteiger partial charge in [-0.1, -0.05) is 12.1 Å². The fourth-order valence-corrected chi connectivity index (χ4v) is 3.01. The molecule has 1 aromatic carbocycles. The Balaban J connectivity index is 1.90. The third-order valence-corrected chi connectivity index (χ3v) is 4.36. The molecule has 2 unspecified atom stereocenters. The van der Waals surface area contributed by atoms with Crippen LogP contribution in [0.3, 0.4) is 0 Å². The Morgan fingerprint density at radius 1 is 1.38 bits per heavy atom. The molecule has 1 aromatic rings. The standard InChI is InChI=1S/C17H24N2O5/c1-12(9-13-3-5-14(20)6-4-13)18-16(23)19-8-7-17(10-19,11-24-2)15(21)22/h3-6,12,20H,7-11H2,1-2H3,(H,18,23)(H,21,22). The van der Waals surface area contributed by atoms with Crippen LogP contribution in [0.25, 0.3) is 0 Å². The number of hydrogen-bond donors (Lipinski definition) is 3. The molecule has 0 saturated carbocycles. The highest BCUT2D eigenvalue weighted by atomic mass is 16.5. The summed E-state index contributed by atoms with van der Waals surface area (Å²) >= 11 is 0. The SMILES string of the molecule is COCC1(C(=O)O)CCN(C(=O)NC(C)Cc2ccc(O)cc2)C1. The number of ether oxygens (including phenoxy) is 1. The summed E-state index contributed by atoms with van der Waals surface area (Å²) in [7, 11) is 1.47. The van der Waals surface area contributed by atoms with Crippen molar-refractivity contribution in [2.45, 2.75) is 25.8 Å². The van der Waals surface area contributed by atoms with Crippen LogP contribution in [0.5, 0.6) is 5.75 Å². The quantitative estimate of drug-likeness (QED) is 0.730. The number of likely N-dealkylation sites (tertiary alicyclic amines) is 1. The molecule has 1 fully saturated rings. The highest BCUT2D eigenvalue weighted by Crippen LogP contribution is 2.31. The summed E-state index contributed by atoms with van der Waals surface area (Å²) < 4.78 is 5.03. The number of aliphatic carboxylic acids is 1. The molecule has 0 aliphatic carbocycles. The Kier molecular flexibility index (Phi) is 5.66. The molecule has 1 aliphatic heterocycles. The van der Waals surface area contributed by atoms with Gasteiger partial charge in [0, 0.05) is 26.2 Å². The van der Waals surface area contributed by atoms with Crippen LogP contribution in [-0.2, 0) is 16.0 Å². The first-order valence-corrected chi connectivity index (χ1v) is 7.92. The van der Waals surface area contributed by atoms with Crippen LogP contribution in [0.2, 0.25) is 0 Å².